The average molecular weight is 500 g/mol. The number of anilines is 1. The third-order valence-electron chi connectivity index (χ3n) is 5.50. The van der Waals surface area contributed by atoms with Crippen LogP contribution in [0.3, 0.4) is 0 Å². The Hall–Kier alpha value is -3.68. The summed E-state index contributed by atoms with van der Waals surface area (Å²) >= 11 is 12.7. The van der Waals surface area contributed by atoms with E-state index in [0.717, 1.165) is 4.90 Å². The van der Waals surface area contributed by atoms with Crippen LogP contribution in [0.1, 0.15) is 17.2 Å². The number of para-hydroxylation sites is 2. The van der Waals surface area contributed by atoms with Crippen LogP contribution in [0.5, 0.6) is 17.2 Å². The van der Waals surface area contributed by atoms with Crippen molar-refractivity contribution < 1.29 is 29.3 Å². The van der Waals surface area contributed by atoms with Gasteiger partial charge < -0.3 is 19.7 Å². The molecule has 1 atom stereocenters. The summed E-state index contributed by atoms with van der Waals surface area (Å²) in [6.07, 6.45) is 0. The molecule has 1 heterocycles. The van der Waals surface area contributed by atoms with Crippen LogP contribution in [0.25, 0.3) is 5.76 Å². The smallest absolute Gasteiger partial charge is 0.300 e. The molecule has 7 nitrogen and oxygen atoms in total. The summed E-state index contributed by atoms with van der Waals surface area (Å²) in [4.78, 5) is 27.6. The van der Waals surface area contributed by atoms with Gasteiger partial charge in [-0.1, -0.05) is 65.7 Å². The number of hydrogen-bond donors (Lipinski definition) is 2. The fourth-order valence-corrected chi connectivity index (χ4v) is 4.68. The van der Waals surface area contributed by atoms with Crippen LogP contribution in [-0.2, 0) is 9.59 Å². The summed E-state index contributed by atoms with van der Waals surface area (Å²) in [6.45, 7) is 0. The lowest BCUT2D eigenvalue weighted by atomic mass is 9.94. The van der Waals surface area contributed by atoms with Crippen LogP contribution in [0.4, 0.5) is 5.69 Å². The van der Waals surface area contributed by atoms with Gasteiger partial charge in [-0.3, -0.25) is 14.5 Å². The fourth-order valence-electron chi connectivity index (χ4n) is 3.99. The van der Waals surface area contributed by atoms with Gasteiger partial charge in [0.1, 0.15) is 16.5 Å². The van der Waals surface area contributed by atoms with Crippen LogP contribution in [0, 0.1) is 0 Å². The summed E-state index contributed by atoms with van der Waals surface area (Å²) in [6, 6.07) is 15.1. The zero-order valence-electron chi connectivity index (χ0n) is 18.1. The summed E-state index contributed by atoms with van der Waals surface area (Å²) < 4.78 is 10.6. The highest BCUT2D eigenvalue weighted by Gasteiger charge is 2.48. The number of Topliss-reactive ketones (excluding diaryl/α,β-unsaturated/α-hetero) is 1. The Morgan fingerprint density at radius 1 is 0.941 bits per heavy atom. The molecule has 2 N–H and O–H groups in total. The third-order valence-corrected chi connectivity index (χ3v) is 6.12. The van der Waals surface area contributed by atoms with E-state index in [2.05, 4.69) is 0 Å². The van der Waals surface area contributed by atoms with Gasteiger partial charge in [0.05, 0.1) is 42.1 Å². The van der Waals surface area contributed by atoms with E-state index in [4.69, 9.17) is 32.7 Å². The van der Waals surface area contributed by atoms with E-state index in [9.17, 15) is 19.8 Å². The highest BCUT2D eigenvalue weighted by Crippen LogP contribution is 2.48. The van der Waals surface area contributed by atoms with E-state index in [1.54, 1.807) is 42.5 Å². The summed E-state index contributed by atoms with van der Waals surface area (Å²) in [7, 11) is 2.71. The highest BCUT2D eigenvalue weighted by atomic mass is 35.5. The molecule has 0 aliphatic carbocycles. The zero-order valence-corrected chi connectivity index (χ0v) is 19.6. The lowest BCUT2D eigenvalue weighted by Crippen LogP contribution is -2.29. The molecule has 1 aliphatic heterocycles. The first-order valence-corrected chi connectivity index (χ1v) is 10.8. The van der Waals surface area contributed by atoms with Gasteiger partial charge in [-0.25, -0.2) is 0 Å². The number of rotatable bonds is 5. The van der Waals surface area contributed by atoms with E-state index in [1.807, 2.05) is 0 Å². The van der Waals surface area contributed by atoms with Crippen molar-refractivity contribution in [2.45, 2.75) is 6.04 Å². The number of methoxy groups -OCH3 is 2. The first-order valence-electron chi connectivity index (χ1n) is 10.1. The predicted molar refractivity (Wildman–Crippen MR) is 129 cm³/mol. The maximum atomic E-state index is 13.3. The highest BCUT2D eigenvalue weighted by molar-refractivity contribution is 6.52. The largest absolute Gasteiger partial charge is 0.507 e. The topological polar surface area (TPSA) is 96.3 Å². The molecule has 1 aliphatic rings. The molecule has 1 amide bonds. The number of phenols is 1. The van der Waals surface area contributed by atoms with Gasteiger partial charge in [0.25, 0.3) is 11.7 Å². The van der Waals surface area contributed by atoms with Crippen molar-refractivity contribution in [3.63, 3.8) is 0 Å². The molecular formula is C25H19Cl2NO6. The van der Waals surface area contributed by atoms with E-state index in [0.29, 0.717) is 5.56 Å². The number of aliphatic hydroxyl groups excluding tert-OH is 1. The van der Waals surface area contributed by atoms with Gasteiger partial charge in [0.2, 0.25) is 0 Å². The minimum atomic E-state index is -1.04. The van der Waals surface area contributed by atoms with Crippen molar-refractivity contribution in [3.05, 3.63) is 87.4 Å². The quantitative estimate of drug-likeness (QED) is 0.279. The molecule has 174 valence electrons. The molecule has 3 aromatic rings. The standard InChI is InChI=1S/C25H19Cl2NO6/c1-33-23-14(12-15(26)24(34-2)19(23)27)21(30)18-20(13-8-4-3-5-9-13)28(25(32)22(18)31)16-10-6-7-11-17(16)29/h3-12,20,29-30H,1-2H3/b21-18+. The second-order valence-electron chi connectivity index (χ2n) is 7.35. The van der Waals surface area contributed by atoms with Gasteiger partial charge in [0, 0.05) is 0 Å². The number of carbonyl (C=O) groups excluding carboxylic acids is 2. The molecule has 0 spiro atoms. The van der Waals surface area contributed by atoms with Crippen molar-refractivity contribution in [3.8, 4) is 17.2 Å². The van der Waals surface area contributed by atoms with Crippen molar-refractivity contribution in [2.75, 3.05) is 19.1 Å². The van der Waals surface area contributed by atoms with Crippen LogP contribution in [0.2, 0.25) is 10.0 Å². The number of hydrogen-bond acceptors (Lipinski definition) is 6. The van der Waals surface area contributed by atoms with E-state index in [-0.39, 0.29) is 44.1 Å². The molecule has 1 saturated heterocycles. The average Bonchev–Trinajstić information content (AvgIpc) is 3.10. The minimum Gasteiger partial charge on any atom is -0.507 e. The molecule has 0 radical (unpaired) electrons. The number of benzene rings is 3. The summed E-state index contributed by atoms with van der Waals surface area (Å²) in [5, 5.41) is 21.9. The van der Waals surface area contributed by atoms with Gasteiger partial charge in [-0.05, 0) is 23.8 Å². The number of carbonyl (C=O) groups is 2. The number of aliphatic hydroxyl groups is 1. The third kappa shape index (κ3) is 3.73. The second kappa shape index (κ2) is 9.29. The molecule has 1 fully saturated rings. The van der Waals surface area contributed by atoms with Crippen LogP contribution < -0.4 is 14.4 Å². The van der Waals surface area contributed by atoms with E-state index < -0.39 is 23.5 Å². The van der Waals surface area contributed by atoms with Gasteiger partial charge >= 0.3 is 0 Å². The predicted octanol–water partition coefficient (Wildman–Crippen LogP) is 5.34. The number of halogens is 2. The van der Waals surface area contributed by atoms with E-state index >= 15 is 0 Å². The summed E-state index contributed by atoms with van der Waals surface area (Å²) in [5.41, 5.74) is 0.455. The zero-order chi connectivity index (χ0) is 24.6. The van der Waals surface area contributed by atoms with Crippen LogP contribution in [-0.4, -0.2) is 36.1 Å². The van der Waals surface area contributed by atoms with Crippen molar-refractivity contribution >= 4 is 46.3 Å². The Balaban J connectivity index is 2.03. The van der Waals surface area contributed by atoms with Crippen LogP contribution in [0.15, 0.2) is 66.2 Å². The first kappa shape index (κ1) is 23.5. The van der Waals surface area contributed by atoms with Crippen molar-refractivity contribution in [1.29, 1.82) is 0 Å². The molecule has 4 rings (SSSR count). The van der Waals surface area contributed by atoms with Crippen molar-refractivity contribution in [2.24, 2.45) is 0 Å². The van der Waals surface area contributed by atoms with Gasteiger partial charge in [0.15, 0.2) is 11.5 Å². The Kier molecular flexibility index (Phi) is 6.41. The molecule has 0 bridgehead atoms. The number of amides is 1. The first-order chi connectivity index (χ1) is 16.3. The number of ketones is 1. The Bertz CT molecular complexity index is 1320. The lowest BCUT2D eigenvalue weighted by Gasteiger charge is -2.26. The SMILES string of the molecule is COc1c(Cl)cc(/C(O)=C2\C(=O)C(=O)N(c3ccccc3O)C2c2ccccc2)c(OC)c1Cl. The monoisotopic (exact) mass is 499 g/mol. The van der Waals surface area contributed by atoms with Gasteiger partial charge in [-0.2, -0.15) is 0 Å². The van der Waals surface area contributed by atoms with Gasteiger partial charge in [-0.15, -0.1) is 0 Å². The number of phenolic OH excluding ortho intramolecular Hbond substituents is 1. The van der Waals surface area contributed by atoms with Crippen molar-refractivity contribution in [1.82, 2.24) is 0 Å². The molecule has 0 saturated carbocycles. The van der Waals surface area contributed by atoms with Crippen LogP contribution >= 0.6 is 23.2 Å². The second-order valence-corrected chi connectivity index (χ2v) is 8.14. The molecule has 34 heavy (non-hydrogen) atoms. The number of aromatic hydroxyl groups is 1. The molecule has 9 heteroatoms. The Morgan fingerprint density at radius 3 is 2.18 bits per heavy atom. The number of ether oxygens (including phenoxy) is 2. The maximum absolute atomic E-state index is 13.3. The minimum absolute atomic E-state index is 0.00881. The normalized spacial score (nSPS) is 17.2. The molecule has 0 aromatic heterocycles. The Morgan fingerprint density at radius 2 is 1.56 bits per heavy atom. The number of nitrogens with zero attached hydrogens (tertiary/aromatic N) is 1. The lowest BCUT2D eigenvalue weighted by molar-refractivity contribution is -0.132. The summed E-state index contributed by atoms with van der Waals surface area (Å²) in [5.74, 6) is -2.44. The molecule has 1 unspecified atom stereocenters. The fraction of sp³-hybridized carbons (Fsp3) is 0.120. The Labute approximate surface area is 205 Å². The molecule has 3 aromatic carbocycles. The maximum Gasteiger partial charge on any atom is 0.300 e. The van der Waals surface area contributed by atoms with E-state index in [1.165, 1.54) is 32.4 Å². The molecular weight excluding hydrogens is 481 g/mol.